The molecule has 82 valence electrons. The Labute approximate surface area is 88.5 Å². The molecule has 0 aliphatic carbocycles. The molecule has 15 heavy (non-hydrogen) atoms. The molecule has 0 bridgehead atoms. The molecule has 0 unspecified atom stereocenters. The molecule has 0 fully saturated rings. The number of carbonyl (C=O) groups is 1. The number of hydrogen-bond acceptors (Lipinski definition) is 3. The maximum Gasteiger partial charge on any atom is 0.307 e. The van der Waals surface area contributed by atoms with Crippen molar-refractivity contribution in [3.8, 4) is 0 Å². The van der Waals surface area contributed by atoms with Crippen LogP contribution < -0.4 is 0 Å². The summed E-state index contributed by atoms with van der Waals surface area (Å²) in [5, 5.41) is 8.57. The lowest BCUT2D eigenvalue weighted by atomic mass is 10.1. The van der Waals surface area contributed by atoms with Gasteiger partial charge in [0.1, 0.15) is 0 Å². The molecule has 0 amide bonds. The molecule has 4 nitrogen and oxygen atoms in total. The van der Waals surface area contributed by atoms with Crippen molar-refractivity contribution in [2.24, 2.45) is 0 Å². The molecule has 0 spiro atoms. The molecular formula is C10H12O4S. The molecule has 1 aromatic carbocycles. The van der Waals surface area contributed by atoms with E-state index >= 15 is 0 Å². The van der Waals surface area contributed by atoms with Gasteiger partial charge in [-0.05, 0) is 11.1 Å². The normalized spacial score (nSPS) is 11.3. The molecule has 0 aliphatic rings. The fraction of sp³-hybridized carbons (Fsp3) is 0.300. The zero-order valence-electron chi connectivity index (χ0n) is 8.30. The molecule has 0 radical (unpaired) electrons. The third-order valence-corrected chi connectivity index (χ3v) is 2.63. The maximum absolute atomic E-state index is 11.0. The second-order valence-electron chi connectivity index (χ2n) is 3.46. The van der Waals surface area contributed by atoms with Gasteiger partial charge in [0.2, 0.25) is 0 Å². The summed E-state index contributed by atoms with van der Waals surface area (Å²) in [5.74, 6) is -0.980. The maximum atomic E-state index is 11.0. The van der Waals surface area contributed by atoms with Gasteiger partial charge in [-0.2, -0.15) is 0 Å². The van der Waals surface area contributed by atoms with E-state index in [0.717, 1.165) is 6.26 Å². The molecule has 0 aromatic heterocycles. The van der Waals surface area contributed by atoms with E-state index in [1.807, 2.05) is 0 Å². The Hall–Kier alpha value is -1.36. The summed E-state index contributed by atoms with van der Waals surface area (Å²) in [6.07, 6.45) is 1.06. The molecule has 1 rings (SSSR count). The highest BCUT2D eigenvalue weighted by Crippen LogP contribution is 2.09. The first-order valence-corrected chi connectivity index (χ1v) is 6.40. The Balaban J connectivity index is 2.88. The number of rotatable bonds is 4. The van der Waals surface area contributed by atoms with Gasteiger partial charge in [-0.15, -0.1) is 0 Å². The van der Waals surface area contributed by atoms with Crippen LogP contribution in [0.4, 0.5) is 0 Å². The summed E-state index contributed by atoms with van der Waals surface area (Å²) >= 11 is 0. The number of carboxylic acid groups (broad SMARTS) is 1. The van der Waals surface area contributed by atoms with Crippen LogP contribution in [0.15, 0.2) is 24.3 Å². The Morgan fingerprint density at radius 2 is 1.93 bits per heavy atom. The van der Waals surface area contributed by atoms with Crippen LogP contribution in [0.3, 0.4) is 0 Å². The summed E-state index contributed by atoms with van der Waals surface area (Å²) in [5.41, 5.74) is 1.24. The average molecular weight is 228 g/mol. The SMILES string of the molecule is CS(=O)(=O)Cc1cccc(CC(=O)O)c1. The van der Waals surface area contributed by atoms with Crippen LogP contribution in [0.25, 0.3) is 0 Å². The smallest absolute Gasteiger partial charge is 0.307 e. The summed E-state index contributed by atoms with van der Waals surface area (Å²) in [6, 6.07) is 6.61. The van der Waals surface area contributed by atoms with Gasteiger partial charge >= 0.3 is 5.97 Å². The van der Waals surface area contributed by atoms with Crippen LogP contribution in [0.1, 0.15) is 11.1 Å². The Bertz CT molecular complexity index is 462. The number of aliphatic carboxylic acids is 1. The first-order valence-electron chi connectivity index (χ1n) is 4.34. The molecule has 0 aliphatic heterocycles. The van der Waals surface area contributed by atoms with Crippen molar-refractivity contribution < 1.29 is 18.3 Å². The van der Waals surface area contributed by atoms with Gasteiger partial charge in [-0.25, -0.2) is 8.42 Å². The minimum absolute atomic E-state index is 0.0551. The zero-order chi connectivity index (χ0) is 11.5. The Morgan fingerprint density at radius 1 is 1.33 bits per heavy atom. The van der Waals surface area contributed by atoms with Crippen LogP contribution in [-0.4, -0.2) is 25.7 Å². The van der Waals surface area contributed by atoms with Crippen LogP contribution in [0.5, 0.6) is 0 Å². The number of sulfone groups is 1. The van der Waals surface area contributed by atoms with E-state index in [2.05, 4.69) is 0 Å². The van der Waals surface area contributed by atoms with E-state index in [4.69, 9.17) is 5.11 Å². The molecule has 0 heterocycles. The standard InChI is InChI=1S/C10H12O4S/c1-15(13,14)7-9-4-2-3-8(5-9)6-10(11)12/h2-5H,6-7H2,1H3,(H,11,12). The van der Waals surface area contributed by atoms with E-state index in [9.17, 15) is 13.2 Å². The number of hydrogen-bond donors (Lipinski definition) is 1. The molecule has 0 atom stereocenters. The van der Waals surface area contributed by atoms with Crippen LogP contribution in [0, 0.1) is 0 Å². The van der Waals surface area contributed by atoms with Gasteiger partial charge in [0.05, 0.1) is 12.2 Å². The van der Waals surface area contributed by atoms with Gasteiger partial charge in [0.15, 0.2) is 9.84 Å². The first kappa shape index (κ1) is 11.7. The highest BCUT2D eigenvalue weighted by molar-refractivity contribution is 7.89. The fourth-order valence-electron chi connectivity index (χ4n) is 1.31. The largest absolute Gasteiger partial charge is 0.481 e. The second-order valence-corrected chi connectivity index (χ2v) is 5.60. The summed E-state index contributed by atoms with van der Waals surface area (Å²) in [7, 11) is -3.07. The van der Waals surface area contributed by atoms with Crippen LogP contribution in [0.2, 0.25) is 0 Å². The van der Waals surface area contributed by atoms with E-state index in [0.29, 0.717) is 11.1 Å². The molecule has 0 saturated heterocycles. The lowest BCUT2D eigenvalue weighted by Crippen LogP contribution is -2.03. The fourth-order valence-corrected chi connectivity index (χ4v) is 2.09. The minimum atomic E-state index is -3.07. The molecule has 1 aromatic rings. The van der Waals surface area contributed by atoms with Crippen molar-refractivity contribution in [2.45, 2.75) is 12.2 Å². The third-order valence-electron chi connectivity index (χ3n) is 1.78. The van der Waals surface area contributed by atoms with Gasteiger partial charge in [0.25, 0.3) is 0 Å². The topological polar surface area (TPSA) is 71.4 Å². The van der Waals surface area contributed by atoms with Gasteiger partial charge in [-0.3, -0.25) is 4.79 Å². The van der Waals surface area contributed by atoms with Crippen molar-refractivity contribution in [2.75, 3.05) is 6.26 Å². The lowest BCUT2D eigenvalue weighted by molar-refractivity contribution is -0.136. The highest BCUT2D eigenvalue weighted by atomic mass is 32.2. The third kappa shape index (κ3) is 4.60. The molecule has 0 saturated carbocycles. The summed E-state index contributed by atoms with van der Waals surface area (Å²) in [4.78, 5) is 10.4. The molecule has 1 N–H and O–H groups in total. The minimum Gasteiger partial charge on any atom is -0.481 e. The van der Waals surface area contributed by atoms with E-state index < -0.39 is 15.8 Å². The van der Waals surface area contributed by atoms with Crippen molar-refractivity contribution >= 4 is 15.8 Å². The van der Waals surface area contributed by atoms with Gasteiger partial charge in [-0.1, -0.05) is 24.3 Å². The summed E-state index contributed by atoms with van der Waals surface area (Å²) < 4.78 is 22.0. The number of benzene rings is 1. The predicted octanol–water partition coefficient (Wildman–Crippen LogP) is 0.858. The predicted molar refractivity (Wildman–Crippen MR) is 56.3 cm³/mol. The van der Waals surface area contributed by atoms with Crippen molar-refractivity contribution in [1.82, 2.24) is 0 Å². The summed E-state index contributed by atoms with van der Waals surface area (Å²) in [6.45, 7) is 0. The first-order chi connectivity index (χ1) is 6.87. The van der Waals surface area contributed by atoms with Gasteiger partial charge < -0.3 is 5.11 Å². The highest BCUT2D eigenvalue weighted by Gasteiger charge is 2.06. The molecular weight excluding hydrogens is 216 g/mol. The van der Waals surface area contributed by atoms with Crippen LogP contribution in [-0.2, 0) is 26.8 Å². The van der Waals surface area contributed by atoms with Crippen molar-refractivity contribution in [3.05, 3.63) is 35.4 Å². The van der Waals surface area contributed by atoms with E-state index in [-0.39, 0.29) is 12.2 Å². The van der Waals surface area contributed by atoms with Crippen LogP contribution >= 0.6 is 0 Å². The monoisotopic (exact) mass is 228 g/mol. The second kappa shape index (κ2) is 4.44. The average Bonchev–Trinajstić information content (AvgIpc) is 1.99. The lowest BCUT2D eigenvalue weighted by Gasteiger charge is -2.02. The Morgan fingerprint density at radius 3 is 2.47 bits per heavy atom. The molecule has 5 heteroatoms. The van der Waals surface area contributed by atoms with Crippen molar-refractivity contribution in [1.29, 1.82) is 0 Å². The zero-order valence-corrected chi connectivity index (χ0v) is 9.12. The quantitative estimate of drug-likeness (QED) is 0.829. The number of carboxylic acids is 1. The van der Waals surface area contributed by atoms with Gasteiger partial charge in [0, 0.05) is 6.26 Å². The van der Waals surface area contributed by atoms with Crippen molar-refractivity contribution in [3.63, 3.8) is 0 Å². The Kier molecular flexibility index (Phi) is 3.47. The van der Waals surface area contributed by atoms with E-state index in [1.165, 1.54) is 0 Å². The van der Waals surface area contributed by atoms with E-state index in [1.54, 1.807) is 24.3 Å².